The minimum Gasteiger partial charge on any atom is -0.503 e. The minimum absolute atomic E-state index is 0.260. The maximum absolute atomic E-state index is 13.4. The summed E-state index contributed by atoms with van der Waals surface area (Å²) < 4.78 is 5.88. The first-order chi connectivity index (χ1) is 14.6. The van der Waals surface area contributed by atoms with Crippen molar-refractivity contribution in [2.45, 2.75) is 31.5 Å². The second-order valence-corrected chi connectivity index (χ2v) is 7.07. The van der Waals surface area contributed by atoms with Gasteiger partial charge in [0.1, 0.15) is 6.23 Å². The van der Waals surface area contributed by atoms with E-state index in [1.54, 1.807) is 12.0 Å². The molecule has 0 aliphatic carbocycles. The molecule has 0 bridgehead atoms. The van der Waals surface area contributed by atoms with Crippen molar-refractivity contribution in [3.8, 4) is 0 Å². The zero-order valence-corrected chi connectivity index (χ0v) is 17.1. The highest BCUT2D eigenvalue weighted by atomic mass is 16.5. The summed E-state index contributed by atoms with van der Waals surface area (Å²) in [5, 5.41) is 9.78. The molecule has 1 aliphatic heterocycles. The maximum atomic E-state index is 13.4. The summed E-state index contributed by atoms with van der Waals surface area (Å²) in [6.45, 7) is 2.35. The summed E-state index contributed by atoms with van der Waals surface area (Å²) in [6, 6.07) is 18.4. The lowest BCUT2D eigenvalue weighted by molar-refractivity contribution is -0.150. The van der Waals surface area contributed by atoms with E-state index in [-0.39, 0.29) is 5.92 Å². The molecule has 30 heavy (non-hydrogen) atoms. The Kier molecular flexibility index (Phi) is 7.21. The highest BCUT2D eigenvalue weighted by molar-refractivity contribution is 6.12. The van der Waals surface area contributed by atoms with Gasteiger partial charge in [-0.1, -0.05) is 67.6 Å². The Morgan fingerprint density at radius 3 is 2.17 bits per heavy atom. The molecule has 0 fully saturated rings. The molecule has 1 amide bonds. The minimum atomic E-state index is -1.23. The third-order valence-corrected chi connectivity index (χ3v) is 5.10. The van der Waals surface area contributed by atoms with Gasteiger partial charge >= 0.3 is 0 Å². The van der Waals surface area contributed by atoms with Crippen LogP contribution in [0.4, 0.5) is 0 Å². The smallest absolute Gasteiger partial charge is 0.251 e. The normalized spacial score (nSPS) is 17.2. The zero-order chi connectivity index (χ0) is 21.5. The Bertz CT molecular complexity index is 846. The number of nitrogens with zero attached hydrogens (tertiary/aromatic N) is 1. The van der Waals surface area contributed by atoms with E-state index in [1.807, 2.05) is 67.6 Å². The predicted molar refractivity (Wildman–Crippen MR) is 113 cm³/mol. The third-order valence-electron chi connectivity index (χ3n) is 5.10. The molecule has 1 aliphatic rings. The molecule has 7 heteroatoms. The molecule has 3 N–H and O–H groups in total. The third kappa shape index (κ3) is 4.53. The number of Topliss-reactive ketones (excluding diaryl/α,β-unsaturated/α-hetero) is 1. The number of amides is 1. The number of ketones is 1. The Balaban J connectivity index is 2.02. The molecule has 158 valence electrons. The van der Waals surface area contributed by atoms with E-state index in [9.17, 15) is 14.7 Å². The fourth-order valence-corrected chi connectivity index (χ4v) is 3.71. The van der Waals surface area contributed by atoms with Crippen molar-refractivity contribution in [1.82, 2.24) is 15.8 Å². The Morgan fingerprint density at radius 1 is 1.10 bits per heavy atom. The van der Waals surface area contributed by atoms with Crippen molar-refractivity contribution >= 4 is 11.7 Å². The van der Waals surface area contributed by atoms with Gasteiger partial charge in [-0.15, -0.1) is 0 Å². The molecule has 2 aromatic carbocycles. The van der Waals surface area contributed by atoms with Crippen molar-refractivity contribution < 1.29 is 19.4 Å². The summed E-state index contributed by atoms with van der Waals surface area (Å²) in [4.78, 5) is 27.4. The van der Waals surface area contributed by atoms with E-state index in [0.717, 1.165) is 17.3 Å². The molecule has 0 saturated carbocycles. The fourth-order valence-electron chi connectivity index (χ4n) is 3.71. The van der Waals surface area contributed by atoms with Crippen molar-refractivity contribution in [2.24, 2.45) is 0 Å². The number of aliphatic hydroxyl groups excluding tert-OH is 1. The Labute approximate surface area is 176 Å². The molecular formula is C23H27N3O4. The quantitative estimate of drug-likeness (QED) is 0.458. The summed E-state index contributed by atoms with van der Waals surface area (Å²) in [5.41, 5.74) is 7.21. The van der Waals surface area contributed by atoms with Crippen LogP contribution in [0.3, 0.4) is 0 Å². The molecule has 0 radical (unpaired) electrons. The molecular weight excluding hydrogens is 382 g/mol. The first-order valence-electron chi connectivity index (χ1n) is 9.96. The van der Waals surface area contributed by atoms with E-state index in [4.69, 9.17) is 4.74 Å². The number of rotatable bonds is 8. The van der Waals surface area contributed by atoms with Crippen LogP contribution < -0.4 is 10.9 Å². The van der Waals surface area contributed by atoms with Crippen LogP contribution in [0.15, 0.2) is 72.6 Å². The second kappa shape index (κ2) is 10.0. The zero-order valence-electron chi connectivity index (χ0n) is 17.1. The van der Waals surface area contributed by atoms with Gasteiger partial charge in [0.2, 0.25) is 5.78 Å². The lowest BCUT2D eigenvalue weighted by Gasteiger charge is -2.38. The maximum Gasteiger partial charge on any atom is 0.251 e. The van der Waals surface area contributed by atoms with Gasteiger partial charge in [0.25, 0.3) is 5.91 Å². The van der Waals surface area contributed by atoms with Gasteiger partial charge in [0.05, 0.1) is 12.1 Å². The lowest BCUT2D eigenvalue weighted by Crippen LogP contribution is -2.59. The number of nitrogens with one attached hydrogen (secondary N) is 2. The Morgan fingerprint density at radius 2 is 1.67 bits per heavy atom. The average molecular weight is 409 g/mol. The molecule has 0 aromatic heterocycles. The number of hydrogen-bond donors (Lipinski definition) is 3. The van der Waals surface area contributed by atoms with Crippen molar-refractivity contribution in [2.75, 3.05) is 13.7 Å². The van der Waals surface area contributed by atoms with Crippen LogP contribution in [0.2, 0.25) is 0 Å². The van der Waals surface area contributed by atoms with E-state index >= 15 is 0 Å². The second-order valence-electron chi connectivity index (χ2n) is 7.07. The molecule has 2 atom stereocenters. The fraction of sp³-hybridized carbons (Fsp3) is 0.304. The van der Waals surface area contributed by atoms with Crippen LogP contribution in [0.25, 0.3) is 0 Å². The van der Waals surface area contributed by atoms with Crippen LogP contribution in [0.5, 0.6) is 0 Å². The van der Waals surface area contributed by atoms with Crippen LogP contribution in [-0.2, 0) is 14.3 Å². The van der Waals surface area contributed by atoms with Gasteiger partial charge in [0.15, 0.2) is 11.8 Å². The van der Waals surface area contributed by atoms with Gasteiger partial charge in [-0.3, -0.25) is 9.59 Å². The number of aliphatic hydroxyl groups is 1. The molecule has 2 unspecified atom stereocenters. The number of hydrogen-bond acceptors (Lipinski definition) is 6. The summed E-state index contributed by atoms with van der Waals surface area (Å²) >= 11 is 0. The van der Waals surface area contributed by atoms with Gasteiger partial charge in [-0.2, -0.15) is 0 Å². The number of benzene rings is 2. The molecule has 2 aromatic rings. The first-order valence-corrected chi connectivity index (χ1v) is 9.96. The van der Waals surface area contributed by atoms with Gasteiger partial charge in [-0.05, 0) is 17.5 Å². The topological polar surface area (TPSA) is 90.9 Å². The molecule has 3 rings (SSSR count). The van der Waals surface area contributed by atoms with Crippen LogP contribution in [0, 0.1) is 0 Å². The highest BCUT2D eigenvalue weighted by Gasteiger charge is 2.40. The average Bonchev–Trinajstić information content (AvgIpc) is 2.78. The Hall–Kier alpha value is -3.16. The number of carbonyl (C=O) groups excluding carboxylic acids is 2. The number of methoxy groups -OCH3 is 1. The largest absolute Gasteiger partial charge is 0.503 e. The first kappa shape index (κ1) is 21.5. The lowest BCUT2D eigenvalue weighted by atomic mass is 9.88. The van der Waals surface area contributed by atoms with Crippen LogP contribution in [0.1, 0.15) is 30.4 Å². The molecule has 1 heterocycles. The standard InChI is InChI=1S/C23H27N3O4/c1-3-14-26(22(29)20-21(28)18(27)15-24-25-20)23(30-2)19(16-10-6-4-7-11-16)17-12-8-5-9-13-17/h4-13,15,19-20,23-25,27H,3,14H2,1-2H3. The number of carbonyl (C=O) groups is 2. The summed E-state index contributed by atoms with van der Waals surface area (Å²) in [6.07, 6.45) is 1.16. The van der Waals surface area contributed by atoms with Gasteiger partial charge < -0.3 is 20.2 Å². The van der Waals surface area contributed by atoms with E-state index in [2.05, 4.69) is 10.9 Å². The van der Waals surface area contributed by atoms with E-state index in [0.29, 0.717) is 13.0 Å². The SMILES string of the molecule is CCCN(C(=O)C1NNC=C(O)C1=O)C(OC)C(c1ccccc1)c1ccccc1. The van der Waals surface area contributed by atoms with Crippen LogP contribution in [-0.4, -0.2) is 47.6 Å². The molecule has 0 saturated heterocycles. The number of ether oxygens (including phenoxy) is 1. The van der Waals surface area contributed by atoms with Crippen molar-refractivity contribution in [1.29, 1.82) is 0 Å². The highest BCUT2D eigenvalue weighted by Crippen LogP contribution is 2.32. The number of hydrazine groups is 1. The van der Waals surface area contributed by atoms with E-state index in [1.165, 1.54) is 0 Å². The summed E-state index contributed by atoms with van der Waals surface area (Å²) in [7, 11) is 1.56. The molecule has 7 nitrogen and oxygen atoms in total. The van der Waals surface area contributed by atoms with Gasteiger partial charge in [0, 0.05) is 13.7 Å². The van der Waals surface area contributed by atoms with Crippen molar-refractivity contribution in [3.05, 3.63) is 83.7 Å². The monoisotopic (exact) mass is 409 g/mol. The van der Waals surface area contributed by atoms with Crippen LogP contribution >= 0.6 is 0 Å². The predicted octanol–water partition coefficient (Wildman–Crippen LogP) is 2.47. The van der Waals surface area contributed by atoms with Gasteiger partial charge in [-0.25, -0.2) is 5.43 Å². The molecule has 0 spiro atoms. The summed E-state index contributed by atoms with van der Waals surface area (Å²) in [5.74, 6) is -1.88. The van der Waals surface area contributed by atoms with Crippen molar-refractivity contribution in [3.63, 3.8) is 0 Å². The van der Waals surface area contributed by atoms with E-state index < -0.39 is 29.7 Å².